The van der Waals surface area contributed by atoms with Crippen LogP contribution in [0, 0.1) is 5.92 Å². The van der Waals surface area contributed by atoms with Crippen LogP contribution in [0.15, 0.2) is 4.42 Å². The summed E-state index contributed by atoms with van der Waals surface area (Å²) in [5.74, 6) is 0.999. The van der Waals surface area contributed by atoms with E-state index in [1.54, 1.807) is 0 Å². The molecular weight excluding hydrogens is 230 g/mol. The molecule has 0 spiro atoms. The van der Waals surface area contributed by atoms with E-state index in [1.807, 2.05) is 13.8 Å². The molecular formula is C9H16N3O3S-. The van der Waals surface area contributed by atoms with E-state index in [4.69, 9.17) is 10.2 Å². The first kappa shape index (κ1) is 13.3. The number of hydrogen-bond donors (Lipinski definition) is 1. The van der Waals surface area contributed by atoms with E-state index in [-0.39, 0.29) is 11.7 Å². The fourth-order valence-electron chi connectivity index (χ4n) is 1.39. The number of aryl methyl sites for hydroxylation is 1. The fraction of sp³-hybridized carbons (Fsp3) is 0.778. The molecule has 16 heavy (non-hydrogen) atoms. The molecule has 0 saturated carbocycles. The van der Waals surface area contributed by atoms with Crippen molar-refractivity contribution in [3.05, 3.63) is 11.8 Å². The van der Waals surface area contributed by atoms with Gasteiger partial charge < -0.3 is 14.7 Å². The summed E-state index contributed by atoms with van der Waals surface area (Å²) in [5.41, 5.74) is 5.84. The highest BCUT2D eigenvalue weighted by Crippen LogP contribution is 2.18. The molecule has 1 rings (SSSR count). The van der Waals surface area contributed by atoms with E-state index in [0.717, 1.165) is 0 Å². The predicted octanol–water partition coefficient (Wildman–Crippen LogP) is 0.537. The van der Waals surface area contributed by atoms with Crippen LogP contribution in [0.5, 0.6) is 0 Å². The molecule has 3 atom stereocenters. The monoisotopic (exact) mass is 246 g/mol. The van der Waals surface area contributed by atoms with Crippen LogP contribution in [0.25, 0.3) is 0 Å². The van der Waals surface area contributed by atoms with Gasteiger partial charge in [0.05, 0.1) is 6.04 Å². The average Bonchev–Trinajstić information content (AvgIpc) is 2.64. The van der Waals surface area contributed by atoms with E-state index in [9.17, 15) is 8.76 Å². The minimum atomic E-state index is -2.04. The molecule has 2 N–H and O–H groups in total. The average molecular weight is 246 g/mol. The summed E-state index contributed by atoms with van der Waals surface area (Å²) in [4.78, 5) is 0. The molecule has 0 aliphatic carbocycles. The summed E-state index contributed by atoms with van der Waals surface area (Å²) in [6.07, 6.45) is 1.18. The van der Waals surface area contributed by atoms with Gasteiger partial charge in [0.25, 0.3) is 0 Å². The summed E-state index contributed by atoms with van der Waals surface area (Å²) in [6.45, 7) is 3.73. The van der Waals surface area contributed by atoms with Crippen LogP contribution in [0.2, 0.25) is 0 Å². The molecule has 6 nitrogen and oxygen atoms in total. The van der Waals surface area contributed by atoms with E-state index in [0.29, 0.717) is 24.6 Å². The lowest BCUT2D eigenvalue weighted by molar-refractivity contribution is 0.384. The zero-order valence-electron chi connectivity index (χ0n) is 9.38. The van der Waals surface area contributed by atoms with Gasteiger partial charge in [-0.1, -0.05) is 24.9 Å². The van der Waals surface area contributed by atoms with E-state index < -0.39 is 17.1 Å². The Kier molecular flexibility index (Phi) is 5.04. The Morgan fingerprint density at radius 3 is 2.75 bits per heavy atom. The van der Waals surface area contributed by atoms with Crippen molar-refractivity contribution in [2.75, 3.05) is 5.75 Å². The van der Waals surface area contributed by atoms with Gasteiger partial charge in [-0.25, -0.2) is 0 Å². The zero-order valence-corrected chi connectivity index (χ0v) is 10.2. The smallest absolute Gasteiger partial charge is 0.233 e. The Labute approximate surface area is 96.9 Å². The predicted molar refractivity (Wildman–Crippen MR) is 58.2 cm³/mol. The number of aromatic nitrogens is 2. The standard InChI is InChI=1S/C9H17N3O3S/c1-3-8-11-12-9(15-8)7(10)4-6(2)5-16(13)14/h6-7H,3-5,10H2,1-2H3,(H,13,14)/p-1. The van der Waals surface area contributed by atoms with Gasteiger partial charge in [0.2, 0.25) is 11.8 Å². The van der Waals surface area contributed by atoms with Gasteiger partial charge in [0, 0.05) is 12.2 Å². The Bertz CT molecular complexity index is 356. The van der Waals surface area contributed by atoms with Crippen molar-refractivity contribution in [1.29, 1.82) is 0 Å². The third kappa shape index (κ3) is 3.99. The molecule has 1 aromatic heterocycles. The van der Waals surface area contributed by atoms with Crippen molar-refractivity contribution < 1.29 is 13.2 Å². The van der Waals surface area contributed by atoms with Crippen LogP contribution < -0.4 is 5.73 Å². The summed E-state index contributed by atoms with van der Waals surface area (Å²) in [5, 5.41) is 7.63. The lowest BCUT2D eigenvalue weighted by atomic mass is 10.0. The first-order chi connectivity index (χ1) is 7.52. The highest BCUT2D eigenvalue weighted by Gasteiger charge is 2.17. The third-order valence-electron chi connectivity index (χ3n) is 2.18. The van der Waals surface area contributed by atoms with Gasteiger partial charge >= 0.3 is 0 Å². The van der Waals surface area contributed by atoms with E-state index in [2.05, 4.69) is 10.2 Å². The maximum absolute atomic E-state index is 10.5. The van der Waals surface area contributed by atoms with Crippen molar-refractivity contribution in [1.82, 2.24) is 10.2 Å². The van der Waals surface area contributed by atoms with Gasteiger partial charge in [0.1, 0.15) is 0 Å². The Morgan fingerprint density at radius 1 is 1.56 bits per heavy atom. The van der Waals surface area contributed by atoms with Crippen LogP contribution in [-0.4, -0.2) is 24.7 Å². The second kappa shape index (κ2) is 6.07. The Morgan fingerprint density at radius 2 is 2.25 bits per heavy atom. The van der Waals surface area contributed by atoms with Gasteiger partial charge in [-0.05, 0) is 12.3 Å². The highest BCUT2D eigenvalue weighted by atomic mass is 32.2. The molecule has 1 heterocycles. The topological polar surface area (TPSA) is 105 Å². The van der Waals surface area contributed by atoms with Crippen molar-refractivity contribution in [3.8, 4) is 0 Å². The van der Waals surface area contributed by atoms with Crippen molar-refractivity contribution >= 4 is 11.1 Å². The summed E-state index contributed by atoms with van der Waals surface area (Å²) < 4.78 is 26.3. The van der Waals surface area contributed by atoms with E-state index >= 15 is 0 Å². The Hall–Kier alpha value is -0.790. The summed E-state index contributed by atoms with van der Waals surface area (Å²) >= 11 is -2.04. The minimum absolute atomic E-state index is 0.0229. The van der Waals surface area contributed by atoms with Crippen LogP contribution >= 0.6 is 0 Å². The third-order valence-corrected chi connectivity index (χ3v) is 3.02. The zero-order chi connectivity index (χ0) is 12.1. The van der Waals surface area contributed by atoms with Gasteiger partial charge in [-0.2, -0.15) is 0 Å². The second-order valence-electron chi connectivity index (χ2n) is 3.81. The molecule has 0 saturated heterocycles. The molecule has 92 valence electrons. The molecule has 0 bridgehead atoms. The van der Waals surface area contributed by atoms with E-state index in [1.165, 1.54) is 0 Å². The first-order valence-electron chi connectivity index (χ1n) is 5.16. The van der Waals surface area contributed by atoms with Crippen LogP contribution in [0.4, 0.5) is 0 Å². The lowest BCUT2D eigenvalue weighted by Crippen LogP contribution is -2.18. The van der Waals surface area contributed by atoms with Gasteiger partial charge in [-0.3, -0.25) is 4.21 Å². The van der Waals surface area contributed by atoms with Crippen LogP contribution in [-0.2, 0) is 17.5 Å². The lowest BCUT2D eigenvalue weighted by Gasteiger charge is -2.15. The first-order valence-corrected chi connectivity index (χ1v) is 6.41. The Balaban J connectivity index is 2.51. The number of nitrogens with two attached hydrogens (primary N) is 1. The number of nitrogens with zero attached hydrogens (tertiary/aromatic N) is 2. The molecule has 0 aliphatic rings. The SMILES string of the molecule is CCc1nnc(C(N)CC(C)CS(=O)[O-])o1. The fourth-order valence-corrected chi connectivity index (χ4v) is 1.99. The quantitative estimate of drug-likeness (QED) is 0.734. The highest BCUT2D eigenvalue weighted by molar-refractivity contribution is 7.79. The normalized spacial score (nSPS) is 17.0. The number of rotatable bonds is 6. The maximum atomic E-state index is 10.5. The van der Waals surface area contributed by atoms with Crippen molar-refractivity contribution in [2.24, 2.45) is 11.7 Å². The molecule has 7 heteroatoms. The van der Waals surface area contributed by atoms with Crippen LogP contribution in [0.3, 0.4) is 0 Å². The molecule has 0 radical (unpaired) electrons. The van der Waals surface area contributed by atoms with Crippen molar-refractivity contribution in [3.63, 3.8) is 0 Å². The van der Waals surface area contributed by atoms with Gasteiger partial charge in [0.15, 0.2) is 0 Å². The molecule has 0 amide bonds. The van der Waals surface area contributed by atoms with Crippen LogP contribution in [0.1, 0.15) is 38.1 Å². The maximum Gasteiger partial charge on any atom is 0.233 e. The molecule has 0 aromatic carbocycles. The molecule has 3 unspecified atom stereocenters. The minimum Gasteiger partial charge on any atom is -0.772 e. The van der Waals surface area contributed by atoms with Gasteiger partial charge in [-0.15, -0.1) is 10.2 Å². The summed E-state index contributed by atoms with van der Waals surface area (Å²) in [6, 6.07) is -0.397. The summed E-state index contributed by atoms with van der Waals surface area (Å²) in [7, 11) is 0. The molecule has 0 fully saturated rings. The van der Waals surface area contributed by atoms with Crippen molar-refractivity contribution in [2.45, 2.75) is 32.7 Å². The number of hydrogen-bond acceptors (Lipinski definition) is 6. The molecule has 0 aliphatic heterocycles. The second-order valence-corrected chi connectivity index (χ2v) is 4.75. The molecule has 1 aromatic rings. The largest absolute Gasteiger partial charge is 0.772 e.